The maximum Gasteiger partial charge on any atom is 0.136 e. The van der Waals surface area contributed by atoms with Crippen molar-refractivity contribution in [1.29, 1.82) is 0 Å². The lowest BCUT2D eigenvalue weighted by atomic mass is 9.82. The molecule has 0 atom stereocenters. The van der Waals surface area contributed by atoms with Crippen molar-refractivity contribution in [3.63, 3.8) is 0 Å². The molecular weight excluding hydrogens is 571 g/mol. The minimum atomic E-state index is -0.290. The second-order valence-corrected chi connectivity index (χ2v) is 12.6. The van der Waals surface area contributed by atoms with Gasteiger partial charge in [0.05, 0.1) is 16.9 Å². The molecule has 0 fully saturated rings. The molecule has 2 nitrogen and oxygen atoms in total. The van der Waals surface area contributed by atoms with Crippen molar-refractivity contribution in [3.8, 4) is 33.4 Å². The molecule has 0 saturated carbocycles. The average molecular weight is 608 g/mol. The fourth-order valence-electron chi connectivity index (χ4n) is 7.40. The summed E-state index contributed by atoms with van der Waals surface area (Å²) in [5.41, 5.74) is 10.9. The molecule has 0 spiro atoms. The molecule has 0 bridgehead atoms. The summed E-state index contributed by atoms with van der Waals surface area (Å²) < 4.78 is 43.3. The van der Waals surface area contributed by atoms with Gasteiger partial charge in [0.1, 0.15) is 11.2 Å². The Hall–Kier alpha value is -5.86. The zero-order valence-corrected chi connectivity index (χ0v) is 26.1. The Kier molecular flexibility index (Phi) is 5.30. The van der Waals surface area contributed by atoms with E-state index in [4.69, 9.17) is 7.16 Å². The summed E-state index contributed by atoms with van der Waals surface area (Å²) in [6.45, 7) is 4.48. The highest BCUT2D eigenvalue weighted by Gasteiger charge is 2.38. The maximum atomic E-state index is 9.63. The van der Waals surface area contributed by atoms with Gasteiger partial charge < -0.3 is 9.32 Å². The van der Waals surface area contributed by atoms with E-state index < -0.39 is 0 Å². The van der Waals surface area contributed by atoms with Gasteiger partial charge in [-0.15, -0.1) is 0 Å². The normalized spacial score (nSPS) is 14.3. The molecule has 1 aromatic heterocycles. The molecule has 0 saturated heterocycles. The van der Waals surface area contributed by atoms with Crippen LogP contribution in [-0.2, 0) is 5.41 Å². The molecule has 8 aromatic rings. The number of benzene rings is 7. The van der Waals surface area contributed by atoms with E-state index in [9.17, 15) is 2.74 Å². The van der Waals surface area contributed by atoms with Crippen LogP contribution in [-0.4, -0.2) is 0 Å². The van der Waals surface area contributed by atoms with Gasteiger partial charge in [-0.1, -0.05) is 141 Å². The van der Waals surface area contributed by atoms with Gasteiger partial charge in [0, 0.05) is 33.0 Å². The third-order valence-corrected chi connectivity index (χ3v) is 9.62. The Bertz CT molecular complexity index is 2660. The monoisotopic (exact) mass is 607 g/mol. The summed E-state index contributed by atoms with van der Waals surface area (Å²) in [6.07, 6.45) is 0. The molecule has 9 rings (SSSR count). The van der Waals surface area contributed by atoms with Gasteiger partial charge in [0.15, 0.2) is 0 Å². The van der Waals surface area contributed by atoms with Crippen LogP contribution < -0.4 is 4.90 Å². The average Bonchev–Trinajstić information content (AvgIpc) is 3.66. The number of para-hydroxylation sites is 2. The molecular formula is C45H33NO. The van der Waals surface area contributed by atoms with Crippen LogP contribution in [0.4, 0.5) is 17.1 Å². The molecule has 0 N–H and O–H groups in total. The molecule has 1 aliphatic carbocycles. The lowest BCUT2D eigenvalue weighted by Gasteiger charge is -2.30. The van der Waals surface area contributed by atoms with Gasteiger partial charge in [-0.05, 0) is 69.8 Å². The summed E-state index contributed by atoms with van der Waals surface area (Å²) in [4.78, 5) is 2.04. The molecule has 0 unspecified atom stereocenters. The predicted octanol–water partition coefficient (Wildman–Crippen LogP) is 12.7. The van der Waals surface area contributed by atoms with Crippen molar-refractivity contribution in [1.82, 2.24) is 0 Å². The van der Waals surface area contributed by atoms with Crippen molar-refractivity contribution in [3.05, 3.63) is 175 Å². The van der Waals surface area contributed by atoms with E-state index >= 15 is 0 Å². The van der Waals surface area contributed by atoms with E-state index in [1.165, 1.54) is 5.56 Å². The van der Waals surface area contributed by atoms with Crippen molar-refractivity contribution in [2.24, 2.45) is 0 Å². The summed E-state index contributed by atoms with van der Waals surface area (Å²) in [6, 6.07) is 46.0. The van der Waals surface area contributed by atoms with Crippen LogP contribution in [0, 0.1) is 0 Å². The van der Waals surface area contributed by atoms with Gasteiger partial charge in [-0.3, -0.25) is 0 Å². The fourth-order valence-corrected chi connectivity index (χ4v) is 7.40. The standard InChI is InChI=1S/C45H33NO/c1-45(2)37-20-9-6-17-35(37)44-38(45)21-13-23-40(44)46(32-28-26-31(27-29-32)30-14-4-3-5-15-30)39-22-10-7-16-33(39)34-19-12-25-42-43(34)36-18-8-11-24-41(36)47-42/h3-29H,1-2H3/i7D,10D,16D,22D. The number of anilines is 3. The number of hydrogen-bond acceptors (Lipinski definition) is 2. The van der Waals surface area contributed by atoms with Crippen LogP contribution in [0.25, 0.3) is 55.3 Å². The van der Waals surface area contributed by atoms with E-state index in [-0.39, 0.29) is 29.6 Å². The largest absolute Gasteiger partial charge is 0.456 e. The van der Waals surface area contributed by atoms with Crippen LogP contribution in [0.2, 0.25) is 0 Å². The van der Waals surface area contributed by atoms with E-state index in [2.05, 4.69) is 80.6 Å². The molecule has 0 aliphatic heterocycles. The summed E-state index contributed by atoms with van der Waals surface area (Å²) >= 11 is 0. The highest BCUT2D eigenvalue weighted by Crippen LogP contribution is 2.55. The third kappa shape index (κ3) is 4.26. The van der Waals surface area contributed by atoms with E-state index in [0.29, 0.717) is 22.4 Å². The quantitative estimate of drug-likeness (QED) is 0.193. The zero-order chi connectivity index (χ0) is 35.0. The first kappa shape index (κ1) is 23.5. The van der Waals surface area contributed by atoms with Crippen LogP contribution >= 0.6 is 0 Å². The van der Waals surface area contributed by atoms with Gasteiger partial charge in [-0.2, -0.15) is 0 Å². The van der Waals surface area contributed by atoms with Crippen molar-refractivity contribution in [2.75, 3.05) is 4.90 Å². The highest BCUT2D eigenvalue weighted by atomic mass is 16.3. The predicted molar refractivity (Wildman–Crippen MR) is 197 cm³/mol. The Morgan fingerprint density at radius 3 is 2.06 bits per heavy atom. The number of furan rings is 1. The van der Waals surface area contributed by atoms with Crippen molar-refractivity contribution >= 4 is 39.0 Å². The highest BCUT2D eigenvalue weighted by molar-refractivity contribution is 6.14. The topological polar surface area (TPSA) is 16.4 Å². The Morgan fingerprint density at radius 1 is 0.532 bits per heavy atom. The molecule has 47 heavy (non-hydrogen) atoms. The summed E-state index contributed by atoms with van der Waals surface area (Å²) in [7, 11) is 0. The van der Waals surface area contributed by atoms with Crippen LogP contribution in [0.3, 0.4) is 0 Å². The number of rotatable bonds is 5. The lowest BCUT2D eigenvalue weighted by Crippen LogP contribution is -2.16. The van der Waals surface area contributed by atoms with Gasteiger partial charge >= 0.3 is 0 Å². The van der Waals surface area contributed by atoms with Crippen LogP contribution in [0.1, 0.15) is 30.5 Å². The van der Waals surface area contributed by atoms with Gasteiger partial charge in [0.2, 0.25) is 0 Å². The van der Waals surface area contributed by atoms with E-state index in [0.717, 1.165) is 55.5 Å². The maximum absolute atomic E-state index is 9.63. The molecule has 1 aliphatic rings. The molecule has 7 aromatic carbocycles. The third-order valence-electron chi connectivity index (χ3n) is 9.62. The Morgan fingerprint density at radius 2 is 1.19 bits per heavy atom. The lowest BCUT2D eigenvalue weighted by molar-refractivity contribution is 0.660. The van der Waals surface area contributed by atoms with Crippen LogP contribution in [0.5, 0.6) is 0 Å². The summed E-state index contributed by atoms with van der Waals surface area (Å²) in [5.74, 6) is 0. The molecule has 224 valence electrons. The van der Waals surface area contributed by atoms with E-state index in [1.807, 2.05) is 77.7 Å². The second-order valence-electron chi connectivity index (χ2n) is 12.6. The first-order chi connectivity index (χ1) is 24.8. The molecule has 0 amide bonds. The Labute approximate surface area is 280 Å². The van der Waals surface area contributed by atoms with Crippen molar-refractivity contribution in [2.45, 2.75) is 19.3 Å². The first-order valence-electron chi connectivity index (χ1n) is 18.0. The number of nitrogens with zero attached hydrogens (tertiary/aromatic N) is 1. The van der Waals surface area contributed by atoms with Gasteiger partial charge in [0.25, 0.3) is 0 Å². The summed E-state index contributed by atoms with van der Waals surface area (Å²) in [5, 5.41) is 1.69. The van der Waals surface area contributed by atoms with E-state index in [1.54, 1.807) is 0 Å². The number of hydrogen-bond donors (Lipinski definition) is 0. The first-order valence-corrected chi connectivity index (χ1v) is 16.0. The van der Waals surface area contributed by atoms with Gasteiger partial charge in [-0.25, -0.2) is 0 Å². The fraction of sp³-hybridized carbons (Fsp3) is 0.0667. The molecule has 1 heterocycles. The molecule has 0 radical (unpaired) electrons. The SMILES string of the molecule is [2H]c1c([2H])c([2H])c(N(c2ccc(-c3ccccc3)cc2)c2cccc3c2-c2ccccc2C3(C)C)c(-c2cccc3oc4ccccc4c23)c1[2H]. The second kappa shape index (κ2) is 10.6. The zero-order valence-electron chi connectivity index (χ0n) is 30.1. The smallest absolute Gasteiger partial charge is 0.136 e. The minimum absolute atomic E-state index is 0.108. The van der Waals surface area contributed by atoms with Crippen molar-refractivity contribution < 1.29 is 9.90 Å². The minimum Gasteiger partial charge on any atom is -0.456 e. The molecule has 2 heteroatoms. The number of fused-ring (bicyclic) bond motifs is 6. The van der Waals surface area contributed by atoms with Crippen LogP contribution in [0.15, 0.2) is 168 Å². The Balaban J connectivity index is 1.40.